The first-order valence-corrected chi connectivity index (χ1v) is 10.7. The molecule has 2 aliphatic carbocycles. The van der Waals surface area contributed by atoms with Gasteiger partial charge in [-0.05, 0) is 82.6 Å². The molecule has 1 spiro atoms. The van der Waals surface area contributed by atoms with Crippen LogP contribution in [0.3, 0.4) is 0 Å². The maximum atomic E-state index is 11.7. The Morgan fingerprint density at radius 2 is 2.07 bits per heavy atom. The number of hydrogen-bond donors (Lipinski definition) is 1. The zero-order valence-corrected chi connectivity index (χ0v) is 17.2. The average molecular weight is 393 g/mol. The van der Waals surface area contributed by atoms with Crippen LogP contribution in [0, 0.1) is 12.3 Å². The lowest BCUT2D eigenvalue weighted by atomic mass is 9.83. The Morgan fingerprint density at radius 1 is 1.24 bits per heavy atom. The number of aryl methyl sites for hydroxylation is 1. The van der Waals surface area contributed by atoms with E-state index in [1.165, 1.54) is 35.0 Å². The lowest BCUT2D eigenvalue weighted by molar-refractivity contribution is -0.0592. The lowest BCUT2D eigenvalue weighted by Crippen LogP contribution is -2.32. The van der Waals surface area contributed by atoms with Gasteiger partial charge in [0.05, 0.1) is 5.60 Å². The number of H-pyrrole nitrogens is 1. The molecule has 6 nitrogen and oxygen atoms in total. The fourth-order valence-electron chi connectivity index (χ4n) is 6.00. The van der Waals surface area contributed by atoms with E-state index in [4.69, 9.17) is 9.26 Å². The number of nitrogens with zero attached hydrogens (tertiary/aromatic N) is 2. The van der Waals surface area contributed by atoms with Gasteiger partial charge in [0.25, 0.3) is 0 Å². The van der Waals surface area contributed by atoms with E-state index in [9.17, 15) is 4.79 Å². The Hall–Kier alpha value is -2.34. The first-order valence-electron chi connectivity index (χ1n) is 10.7. The molecule has 2 atom stereocenters. The molecule has 3 fully saturated rings. The third-order valence-corrected chi connectivity index (χ3v) is 7.59. The third kappa shape index (κ3) is 2.38. The summed E-state index contributed by atoms with van der Waals surface area (Å²) >= 11 is 0. The molecule has 0 radical (unpaired) electrons. The Balaban J connectivity index is 1.46. The minimum absolute atomic E-state index is 0.0605. The Labute approximate surface area is 169 Å². The summed E-state index contributed by atoms with van der Waals surface area (Å²) in [5.74, 6) is 0.736. The van der Waals surface area contributed by atoms with Gasteiger partial charge in [0.1, 0.15) is 5.54 Å². The fraction of sp³-hybridized carbons (Fsp3) is 0.565. The van der Waals surface area contributed by atoms with Crippen molar-refractivity contribution in [2.45, 2.75) is 69.9 Å². The SMILES string of the molecule is Cc1cc2cc(C3CCOC(C)(C)C3)ccc2n1[C@@]1(c2noc(=O)[nH]2)CC12CC2. The number of rotatable bonds is 3. The number of nitrogens with one attached hydrogen (secondary N) is 1. The number of benzene rings is 1. The summed E-state index contributed by atoms with van der Waals surface area (Å²) in [5, 5.41) is 5.38. The van der Waals surface area contributed by atoms with Gasteiger partial charge in [-0.25, -0.2) is 4.79 Å². The van der Waals surface area contributed by atoms with Gasteiger partial charge in [-0.2, -0.15) is 0 Å². The molecule has 1 aromatic carbocycles. The third-order valence-electron chi connectivity index (χ3n) is 7.59. The molecule has 3 aromatic rings. The van der Waals surface area contributed by atoms with E-state index in [1.54, 1.807) is 0 Å². The van der Waals surface area contributed by atoms with Crippen molar-refractivity contribution in [2.24, 2.45) is 5.41 Å². The maximum absolute atomic E-state index is 11.7. The first-order chi connectivity index (χ1) is 13.8. The maximum Gasteiger partial charge on any atom is 0.438 e. The highest BCUT2D eigenvalue weighted by Gasteiger charge is 2.78. The molecule has 0 amide bonds. The summed E-state index contributed by atoms with van der Waals surface area (Å²) in [4.78, 5) is 14.5. The molecular weight excluding hydrogens is 366 g/mol. The lowest BCUT2D eigenvalue weighted by Gasteiger charge is -2.35. The normalized spacial score (nSPS) is 29.4. The van der Waals surface area contributed by atoms with Gasteiger partial charge >= 0.3 is 5.76 Å². The van der Waals surface area contributed by atoms with Gasteiger partial charge in [-0.15, -0.1) is 0 Å². The van der Waals surface area contributed by atoms with Crippen molar-refractivity contribution in [3.63, 3.8) is 0 Å². The molecule has 1 unspecified atom stereocenters. The summed E-state index contributed by atoms with van der Waals surface area (Å²) in [6, 6.07) is 9.17. The Morgan fingerprint density at radius 3 is 2.72 bits per heavy atom. The van der Waals surface area contributed by atoms with E-state index >= 15 is 0 Å². The predicted molar refractivity (Wildman–Crippen MR) is 109 cm³/mol. The number of aromatic amines is 1. The first kappa shape index (κ1) is 17.5. The molecule has 1 saturated heterocycles. The van der Waals surface area contributed by atoms with Crippen LogP contribution < -0.4 is 5.76 Å². The van der Waals surface area contributed by atoms with Gasteiger partial charge in [0, 0.05) is 28.6 Å². The quantitative estimate of drug-likeness (QED) is 0.723. The summed E-state index contributed by atoms with van der Waals surface area (Å²) in [6.07, 6.45) is 5.49. The second-order valence-corrected chi connectivity index (χ2v) is 10.00. The van der Waals surface area contributed by atoms with Crippen LogP contribution in [-0.4, -0.2) is 26.9 Å². The standard InChI is InChI=1S/C23H27N3O3/c1-14-10-17-11-15(16-6-9-28-21(2,3)12-16)4-5-18(17)26(14)23(13-22(23)7-8-22)19-24-20(27)29-25-19/h4-5,10-11,16H,6-9,12-13H2,1-3H3,(H,24,25,27)/t16?,23-/m1/s1. The summed E-state index contributed by atoms with van der Waals surface area (Å²) in [5.41, 5.74) is 3.71. The van der Waals surface area contributed by atoms with E-state index in [1.807, 2.05) is 0 Å². The van der Waals surface area contributed by atoms with E-state index in [2.05, 4.69) is 59.7 Å². The van der Waals surface area contributed by atoms with Crippen LogP contribution in [0.15, 0.2) is 33.6 Å². The van der Waals surface area contributed by atoms with Gasteiger partial charge in [0.2, 0.25) is 0 Å². The molecule has 3 aliphatic rings. The van der Waals surface area contributed by atoms with Crippen molar-refractivity contribution in [3.05, 3.63) is 51.9 Å². The molecule has 152 valence electrons. The van der Waals surface area contributed by atoms with Crippen molar-refractivity contribution in [1.82, 2.24) is 14.7 Å². The molecule has 2 saturated carbocycles. The number of hydrogen-bond acceptors (Lipinski definition) is 4. The van der Waals surface area contributed by atoms with Crippen LogP contribution in [0.5, 0.6) is 0 Å². The van der Waals surface area contributed by atoms with Gasteiger partial charge in [-0.3, -0.25) is 9.51 Å². The van der Waals surface area contributed by atoms with Crippen molar-refractivity contribution < 1.29 is 9.26 Å². The topological polar surface area (TPSA) is 73.0 Å². The summed E-state index contributed by atoms with van der Waals surface area (Å²) in [7, 11) is 0. The molecule has 1 N–H and O–H groups in total. The highest BCUT2D eigenvalue weighted by atomic mass is 16.5. The number of aromatic nitrogens is 3. The van der Waals surface area contributed by atoms with Gasteiger partial charge in [0.15, 0.2) is 5.82 Å². The van der Waals surface area contributed by atoms with Crippen LogP contribution in [0.4, 0.5) is 0 Å². The zero-order chi connectivity index (χ0) is 20.0. The highest BCUT2D eigenvalue weighted by Crippen LogP contribution is 2.79. The second-order valence-electron chi connectivity index (χ2n) is 10.00. The molecule has 6 rings (SSSR count). The summed E-state index contributed by atoms with van der Waals surface area (Å²) < 4.78 is 13.2. The minimum Gasteiger partial charge on any atom is -0.376 e. The van der Waals surface area contributed by atoms with Crippen molar-refractivity contribution >= 4 is 10.9 Å². The average Bonchev–Trinajstić information content (AvgIpc) is 3.48. The molecule has 6 heteroatoms. The van der Waals surface area contributed by atoms with Gasteiger partial charge in [-0.1, -0.05) is 11.2 Å². The zero-order valence-electron chi connectivity index (χ0n) is 17.2. The van der Waals surface area contributed by atoms with E-state index in [-0.39, 0.29) is 16.6 Å². The van der Waals surface area contributed by atoms with Crippen LogP contribution in [0.1, 0.15) is 69.0 Å². The molecule has 2 aromatic heterocycles. The Kier molecular flexibility index (Phi) is 3.27. The van der Waals surface area contributed by atoms with Crippen molar-refractivity contribution in [3.8, 4) is 0 Å². The van der Waals surface area contributed by atoms with E-state index in [0.717, 1.165) is 25.9 Å². The number of ether oxygens (including phenoxy) is 1. The van der Waals surface area contributed by atoms with E-state index < -0.39 is 5.76 Å². The second kappa shape index (κ2) is 5.42. The number of fused-ring (bicyclic) bond motifs is 1. The molecule has 1 aliphatic heterocycles. The highest BCUT2D eigenvalue weighted by molar-refractivity contribution is 5.83. The van der Waals surface area contributed by atoms with Crippen LogP contribution >= 0.6 is 0 Å². The van der Waals surface area contributed by atoms with Crippen LogP contribution in [0.2, 0.25) is 0 Å². The van der Waals surface area contributed by atoms with Crippen LogP contribution in [0.25, 0.3) is 10.9 Å². The van der Waals surface area contributed by atoms with E-state index in [0.29, 0.717) is 11.7 Å². The Bertz CT molecular complexity index is 1180. The van der Waals surface area contributed by atoms with Crippen molar-refractivity contribution in [2.75, 3.05) is 6.61 Å². The van der Waals surface area contributed by atoms with Crippen LogP contribution in [-0.2, 0) is 10.3 Å². The largest absolute Gasteiger partial charge is 0.438 e. The van der Waals surface area contributed by atoms with Crippen molar-refractivity contribution in [1.29, 1.82) is 0 Å². The molecule has 0 bridgehead atoms. The molecule has 3 heterocycles. The van der Waals surface area contributed by atoms with Gasteiger partial charge < -0.3 is 9.30 Å². The minimum atomic E-state index is -0.472. The molecular formula is C23H27N3O3. The monoisotopic (exact) mass is 393 g/mol. The summed E-state index contributed by atoms with van der Waals surface area (Å²) in [6.45, 7) is 7.35. The molecule has 29 heavy (non-hydrogen) atoms. The fourth-order valence-corrected chi connectivity index (χ4v) is 6.00. The smallest absolute Gasteiger partial charge is 0.376 e. The predicted octanol–water partition coefficient (Wildman–Crippen LogP) is 4.23.